The third kappa shape index (κ3) is 2.39. The predicted octanol–water partition coefficient (Wildman–Crippen LogP) is 1.34. The molecule has 5 nitrogen and oxygen atoms in total. The van der Waals surface area contributed by atoms with Gasteiger partial charge in [0.05, 0.1) is 18.0 Å². The number of amides is 1. The summed E-state index contributed by atoms with van der Waals surface area (Å²) < 4.78 is 0. The van der Waals surface area contributed by atoms with Gasteiger partial charge in [-0.2, -0.15) is 10.2 Å². The Morgan fingerprint density at radius 1 is 1.18 bits per heavy atom. The van der Waals surface area contributed by atoms with Crippen LogP contribution in [0.1, 0.15) is 10.4 Å². The standard InChI is InChI=1S/C12H12N4O/c1-16(11-4-2-10(13)3-5-11)12(17)9-6-7-14-15-8-9/h2-8H,13H2,1H3. The van der Waals surface area contributed by atoms with Gasteiger partial charge in [0.15, 0.2) is 0 Å². The summed E-state index contributed by atoms with van der Waals surface area (Å²) in [6.07, 6.45) is 2.93. The molecule has 5 heteroatoms. The zero-order valence-electron chi connectivity index (χ0n) is 9.37. The van der Waals surface area contributed by atoms with Gasteiger partial charge in [0.25, 0.3) is 5.91 Å². The van der Waals surface area contributed by atoms with Gasteiger partial charge in [-0.15, -0.1) is 0 Å². The molecule has 1 amide bonds. The molecule has 0 atom stereocenters. The summed E-state index contributed by atoms with van der Waals surface area (Å²) in [5, 5.41) is 7.31. The molecule has 0 fully saturated rings. The number of rotatable bonds is 2. The normalized spacial score (nSPS) is 9.94. The van der Waals surface area contributed by atoms with E-state index in [0.717, 1.165) is 5.69 Å². The van der Waals surface area contributed by atoms with Gasteiger partial charge in [0.2, 0.25) is 0 Å². The van der Waals surface area contributed by atoms with E-state index in [1.54, 1.807) is 37.4 Å². The lowest BCUT2D eigenvalue weighted by Crippen LogP contribution is -2.26. The van der Waals surface area contributed by atoms with Crippen LogP contribution in [0.25, 0.3) is 0 Å². The van der Waals surface area contributed by atoms with E-state index in [-0.39, 0.29) is 5.91 Å². The number of nitrogens with two attached hydrogens (primary N) is 1. The molecular formula is C12H12N4O. The van der Waals surface area contributed by atoms with E-state index in [0.29, 0.717) is 11.3 Å². The van der Waals surface area contributed by atoms with Gasteiger partial charge >= 0.3 is 0 Å². The first-order valence-electron chi connectivity index (χ1n) is 5.09. The van der Waals surface area contributed by atoms with Gasteiger partial charge in [-0.25, -0.2) is 0 Å². The highest BCUT2D eigenvalue weighted by Crippen LogP contribution is 2.16. The van der Waals surface area contributed by atoms with E-state index in [1.165, 1.54) is 17.3 Å². The van der Waals surface area contributed by atoms with E-state index in [9.17, 15) is 4.79 Å². The van der Waals surface area contributed by atoms with Gasteiger partial charge in [0, 0.05) is 18.4 Å². The number of carbonyl (C=O) groups excluding carboxylic acids is 1. The molecule has 1 aromatic heterocycles. The Hall–Kier alpha value is -2.43. The number of nitrogens with zero attached hydrogens (tertiary/aromatic N) is 3. The van der Waals surface area contributed by atoms with Gasteiger partial charge in [0.1, 0.15) is 0 Å². The largest absolute Gasteiger partial charge is 0.399 e. The number of hydrogen-bond donors (Lipinski definition) is 1. The summed E-state index contributed by atoms with van der Waals surface area (Å²) >= 11 is 0. The van der Waals surface area contributed by atoms with E-state index >= 15 is 0 Å². The van der Waals surface area contributed by atoms with Crippen molar-refractivity contribution in [2.75, 3.05) is 17.7 Å². The average Bonchev–Trinajstić information content (AvgIpc) is 2.39. The van der Waals surface area contributed by atoms with Crippen LogP contribution >= 0.6 is 0 Å². The van der Waals surface area contributed by atoms with Gasteiger partial charge < -0.3 is 10.6 Å². The molecular weight excluding hydrogens is 216 g/mol. The van der Waals surface area contributed by atoms with Gasteiger partial charge in [-0.3, -0.25) is 4.79 Å². The monoisotopic (exact) mass is 228 g/mol. The maximum atomic E-state index is 12.1. The predicted molar refractivity (Wildman–Crippen MR) is 65.6 cm³/mol. The fourth-order valence-corrected chi connectivity index (χ4v) is 1.43. The van der Waals surface area contributed by atoms with Crippen LogP contribution in [0.4, 0.5) is 11.4 Å². The second-order valence-electron chi connectivity index (χ2n) is 3.59. The minimum Gasteiger partial charge on any atom is -0.399 e. The first-order chi connectivity index (χ1) is 8.18. The molecule has 0 spiro atoms. The average molecular weight is 228 g/mol. The quantitative estimate of drug-likeness (QED) is 0.787. The second kappa shape index (κ2) is 4.61. The summed E-state index contributed by atoms with van der Waals surface area (Å²) in [6, 6.07) is 8.72. The molecule has 1 heterocycles. The Balaban J connectivity index is 2.23. The first-order valence-corrected chi connectivity index (χ1v) is 5.09. The van der Waals surface area contributed by atoms with Crippen molar-refractivity contribution in [3.05, 3.63) is 48.3 Å². The van der Waals surface area contributed by atoms with Crippen LogP contribution in [-0.2, 0) is 0 Å². The van der Waals surface area contributed by atoms with E-state index in [4.69, 9.17) is 5.73 Å². The number of benzene rings is 1. The molecule has 0 saturated carbocycles. The molecule has 0 bridgehead atoms. The maximum absolute atomic E-state index is 12.1. The molecule has 2 N–H and O–H groups in total. The molecule has 2 aromatic rings. The Morgan fingerprint density at radius 3 is 2.47 bits per heavy atom. The molecule has 17 heavy (non-hydrogen) atoms. The third-order valence-electron chi connectivity index (χ3n) is 2.42. The SMILES string of the molecule is CN(C(=O)c1ccnnc1)c1ccc(N)cc1. The number of aromatic nitrogens is 2. The second-order valence-corrected chi connectivity index (χ2v) is 3.59. The van der Waals surface area contributed by atoms with Crippen molar-refractivity contribution in [3.8, 4) is 0 Å². The summed E-state index contributed by atoms with van der Waals surface area (Å²) in [5.41, 5.74) is 7.54. The fourth-order valence-electron chi connectivity index (χ4n) is 1.43. The Morgan fingerprint density at radius 2 is 1.88 bits per heavy atom. The highest BCUT2D eigenvalue weighted by Gasteiger charge is 2.13. The summed E-state index contributed by atoms with van der Waals surface area (Å²) in [7, 11) is 1.70. The minimum atomic E-state index is -0.135. The molecule has 0 aliphatic rings. The van der Waals surface area contributed by atoms with Crippen LogP contribution < -0.4 is 10.6 Å². The highest BCUT2D eigenvalue weighted by atomic mass is 16.2. The van der Waals surface area contributed by atoms with Crippen molar-refractivity contribution in [1.29, 1.82) is 0 Å². The number of hydrogen-bond acceptors (Lipinski definition) is 4. The van der Waals surface area contributed by atoms with Crippen molar-refractivity contribution in [2.24, 2.45) is 0 Å². The lowest BCUT2D eigenvalue weighted by atomic mass is 10.2. The summed E-state index contributed by atoms with van der Waals surface area (Å²) in [6.45, 7) is 0. The summed E-state index contributed by atoms with van der Waals surface area (Å²) in [5.74, 6) is -0.135. The van der Waals surface area contributed by atoms with Crippen LogP contribution in [-0.4, -0.2) is 23.2 Å². The van der Waals surface area contributed by atoms with Crippen molar-refractivity contribution in [3.63, 3.8) is 0 Å². The van der Waals surface area contributed by atoms with Crippen LogP contribution in [0.15, 0.2) is 42.7 Å². The molecule has 0 aliphatic heterocycles. The molecule has 0 saturated heterocycles. The Bertz CT molecular complexity index is 510. The van der Waals surface area contributed by atoms with Crippen molar-refractivity contribution >= 4 is 17.3 Å². The smallest absolute Gasteiger partial charge is 0.259 e. The number of anilines is 2. The van der Waals surface area contributed by atoms with Crippen molar-refractivity contribution in [2.45, 2.75) is 0 Å². The third-order valence-corrected chi connectivity index (χ3v) is 2.42. The lowest BCUT2D eigenvalue weighted by Gasteiger charge is -2.17. The van der Waals surface area contributed by atoms with Crippen LogP contribution in [0.2, 0.25) is 0 Å². The summed E-state index contributed by atoms with van der Waals surface area (Å²) in [4.78, 5) is 13.6. The zero-order valence-corrected chi connectivity index (χ0v) is 9.37. The number of nitrogen functional groups attached to an aromatic ring is 1. The van der Waals surface area contributed by atoms with Gasteiger partial charge in [-0.05, 0) is 30.3 Å². The van der Waals surface area contributed by atoms with Crippen LogP contribution in [0, 0.1) is 0 Å². The van der Waals surface area contributed by atoms with E-state index < -0.39 is 0 Å². The topological polar surface area (TPSA) is 72.1 Å². The molecule has 0 aliphatic carbocycles. The fraction of sp³-hybridized carbons (Fsp3) is 0.0833. The minimum absolute atomic E-state index is 0.135. The van der Waals surface area contributed by atoms with Crippen LogP contribution in [0.5, 0.6) is 0 Å². The molecule has 1 aromatic carbocycles. The van der Waals surface area contributed by atoms with Crippen molar-refractivity contribution < 1.29 is 4.79 Å². The number of carbonyl (C=O) groups is 1. The molecule has 0 radical (unpaired) electrons. The van der Waals surface area contributed by atoms with E-state index in [1.807, 2.05) is 0 Å². The first kappa shape index (κ1) is 11.1. The zero-order chi connectivity index (χ0) is 12.3. The molecule has 86 valence electrons. The Kier molecular flexibility index (Phi) is 3.00. The highest BCUT2D eigenvalue weighted by molar-refractivity contribution is 6.05. The van der Waals surface area contributed by atoms with Crippen molar-refractivity contribution in [1.82, 2.24) is 10.2 Å². The van der Waals surface area contributed by atoms with Gasteiger partial charge in [-0.1, -0.05) is 0 Å². The molecule has 2 rings (SSSR count). The maximum Gasteiger partial charge on any atom is 0.259 e. The Labute approximate surface area is 98.9 Å². The van der Waals surface area contributed by atoms with Crippen LogP contribution in [0.3, 0.4) is 0 Å². The molecule has 0 unspecified atom stereocenters. The lowest BCUT2D eigenvalue weighted by molar-refractivity contribution is 0.0992. The van der Waals surface area contributed by atoms with E-state index in [2.05, 4.69) is 10.2 Å².